The number of amides is 1. The number of thioether (sulfide) groups is 1. The molecule has 0 heterocycles. The number of nitrogens with zero attached hydrogens (tertiary/aromatic N) is 2. The van der Waals surface area contributed by atoms with Crippen molar-refractivity contribution in [1.82, 2.24) is 5.43 Å². The van der Waals surface area contributed by atoms with Gasteiger partial charge in [-0.05, 0) is 18.2 Å². The second-order valence-electron chi connectivity index (χ2n) is 4.77. The lowest BCUT2D eigenvalue weighted by Crippen LogP contribution is -2.17. The molecular formula is C16H15N3O5S. The first-order chi connectivity index (χ1) is 12.0. The van der Waals surface area contributed by atoms with Crippen LogP contribution < -0.4 is 5.43 Å². The highest BCUT2D eigenvalue weighted by molar-refractivity contribution is 7.99. The number of carbonyl (C=O) groups excluding carboxylic acids is 1. The van der Waals surface area contributed by atoms with Gasteiger partial charge in [0.15, 0.2) is 0 Å². The van der Waals surface area contributed by atoms with E-state index in [1.54, 1.807) is 24.3 Å². The second-order valence-corrected chi connectivity index (χ2v) is 5.91. The van der Waals surface area contributed by atoms with Crippen LogP contribution in [0.2, 0.25) is 0 Å². The van der Waals surface area contributed by atoms with Gasteiger partial charge in [-0.3, -0.25) is 14.9 Å². The van der Waals surface area contributed by atoms with Crippen LogP contribution in [0.5, 0.6) is 5.75 Å². The molecule has 3 N–H and O–H groups in total. The molecule has 130 valence electrons. The molecule has 25 heavy (non-hydrogen) atoms. The maximum absolute atomic E-state index is 11.9. The fourth-order valence-electron chi connectivity index (χ4n) is 1.93. The molecule has 0 aliphatic carbocycles. The number of carbonyl (C=O) groups is 1. The molecule has 0 spiro atoms. The molecule has 0 radical (unpaired) electrons. The Balaban J connectivity index is 2.10. The number of benzene rings is 2. The molecule has 0 bridgehead atoms. The van der Waals surface area contributed by atoms with Gasteiger partial charge in [-0.25, -0.2) is 5.43 Å². The molecule has 0 aromatic heterocycles. The minimum atomic E-state index is -0.598. The number of aromatic hydroxyl groups is 1. The molecule has 1 amide bonds. The fourth-order valence-corrected chi connectivity index (χ4v) is 2.68. The van der Waals surface area contributed by atoms with Gasteiger partial charge in [0.05, 0.1) is 28.2 Å². The van der Waals surface area contributed by atoms with E-state index < -0.39 is 10.8 Å². The number of phenols is 1. The predicted molar refractivity (Wildman–Crippen MR) is 94.1 cm³/mol. The van der Waals surface area contributed by atoms with E-state index in [-0.39, 0.29) is 23.6 Å². The molecule has 2 rings (SSSR count). The lowest BCUT2D eigenvalue weighted by molar-refractivity contribution is -0.387. The summed E-state index contributed by atoms with van der Waals surface area (Å²) in [7, 11) is 0. The molecule has 9 heteroatoms. The summed E-state index contributed by atoms with van der Waals surface area (Å²) in [5.74, 6) is -0.416. The van der Waals surface area contributed by atoms with Crippen molar-refractivity contribution in [3.63, 3.8) is 0 Å². The molecule has 2 aromatic rings. The Labute approximate surface area is 147 Å². The third kappa shape index (κ3) is 5.03. The van der Waals surface area contributed by atoms with Crippen LogP contribution in [0.4, 0.5) is 5.69 Å². The van der Waals surface area contributed by atoms with Crippen LogP contribution in [-0.2, 0) is 0 Å². The highest BCUT2D eigenvalue weighted by Crippen LogP contribution is 2.29. The zero-order valence-corrected chi connectivity index (χ0v) is 13.8. The number of phenolic OH excluding ortho intramolecular Hbond substituents is 1. The number of aliphatic hydroxyl groups excluding tert-OH is 1. The van der Waals surface area contributed by atoms with Crippen molar-refractivity contribution in [2.45, 2.75) is 4.90 Å². The first kappa shape index (κ1) is 18.4. The molecule has 0 fully saturated rings. The van der Waals surface area contributed by atoms with Crippen LogP contribution in [0.25, 0.3) is 0 Å². The number of para-hydroxylation sites is 1. The molecule has 0 unspecified atom stereocenters. The predicted octanol–water partition coefficient (Wildman–Crippen LogP) is 2.15. The number of hydrogen-bond donors (Lipinski definition) is 3. The fraction of sp³-hybridized carbons (Fsp3) is 0.125. The van der Waals surface area contributed by atoms with Gasteiger partial charge in [0.2, 0.25) is 0 Å². The third-order valence-corrected chi connectivity index (χ3v) is 4.10. The van der Waals surface area contributed by atoms with Crippen LogP contribution in [0.15, 0.2) is 52.5 Å². The Morgan fingerprint density at radius 1 is 1.32 bits per heavy atom. The normalized spacial score (nSPS) is 10.8. The van der Waals surface area contributed by atoms with Gasteiger partial charge < -0.3 is 10.2 Å². The van der Waals surface area contributed by atoms with E-state index >= 15 is 0 Å². The minimum Gasteiger partial charge on any atom is -0.507 e. The Morgan fingerprint density at radius 3 is 2.76 bits per heavy atom. The molecule has 0 saturated carbocycles. The average Bonchev–Trinajstić information content (AvgIpc) is 2.60. The van der Waals surface area contributed by atoms with Crippen LogP contribution in [-0.4, -0.2) is 39.6 Å². The summed E-state index contributed by atoms with van der Waals surface area (Å²) in [5, 5.41) is 33.3. The third-order valence-electron chi connectivity index (χ3n) is 3.06. The Hall–Kier alpha value is -2.91. The van der Waals surface area contributed by atoms with Crippen molar-refractivity contribution in [1.29, 1.82) is 0 Å². The Morgan fingerprint density at radius 2 is 2.08 bits per heavy atom. The van der Waals surface area contributed by atoms with Gasteiger partial charge >= 0.3 is 0 Å². The SMILES string of the molecule is O=C(N/N=C/c1ccc(SCCO)c([N+](=O)[O-])c1)c1ccccc1O. The van der Waals surface area contributed by atoms with Crippen LogP contribution in [0, 0.1) is 10.1 Å². The van der Waals surface area contributed by atoms with E-state index in [0.29, 0.717) is 16.2 Å². The van der Waals surface area contributed by atoms with Gasteiger partial charge in [0.25, 0.3) is 11.6 Å². The maximum atomic E-state index is 11.9. The number of aliphatic hydroxyl groups is 1. The first-order valence-electron chi connectivity index (χ1n) is 7.16. The van der Waals surface area contributed by atoms with Gasteiger partial charge in [-0.15, -0.1) is 11.8 Å². The van der Waals surface area contributed by atoms with Gasteiger partial charge in [0, 0.05) is 17.4 Å². The van der Waals surface area contributed by atoms with E-state index in [4.69, 9.17) is 5.11 Å². The van der Waals surface area contributed by atoms with Crippen LogP contribution in [0.3, 0.4) is 0 Å². The van der Waals surface area contributed by atoms with Crippen LogP contribution >= 0.6 is 11.8 Å². The zero-order chi connectivity index (χ0) is 18.2. The topological polar surface area (TPSA) is 125 Å². The van der Waals surface area contributed by atoms with Crippen LogP contribution in [0.1, 0.15) is 15.9 Å². The zero-order valence-electron chi connectivity index (χ0n) is 13.0. The smallest absolute Gasteiger partial charge is 0.283 e. The van der Waals surface area contributed by atoms with Gasteiger partial charge in [-0.2, -0.15) is 5.10 Å². The summed E-state index contributed by atoms with van der Waals surface area (Å²) < 4.78 is 0. The van der Waals surface area contributed by atoms with E-state index in [9.17, 15) is 20.0 Å². The van der Waals surface area contributed by atoms with Gasteiger partial charge in [-0.1, -0.05) is 18.2 Å². The summed E-state index contributed by atoms with van der Waals surface area (Å²) in [6.07, 6.45) is 1.27. The van der Waals surface area contributed by atoms with Crippen molar-refractivity contribution in [3.05, 3.63) is 63.7 Å². The Bertz CT molecular complexity index is 810. The monoisotopic (exact) mass is 361 g/mol. The first-order valence-corrected chi connectivity index (χ1v) is 8.15. The Kier molecular flexibility index (Phi) is 6.49. The highest BCUT2D eigenvalue weighted by Gasteiger charge is 2.14. The molecule has 0 saturated heterocycles. The number of nitro groups is 1. The quantitative estimate of drug-likeness (QED) is 0.300. The van der Waals surface area contributed by atoms with Crippen molar-refractivity contribution in [2.24, 2.45) is 5.10 Å². The number of rotatable bonds is 7. The van der Waals surface area contributed by atoms with E-state index in [1.807, 2.05) is 0 Å². The maximum Gasteiger partial charge on any atom is 0.283 e. The van der Waals surface area contributed by atoms with Crippen molar-refractivity contribution in [2.75, 3.05) is 12.4 Å². The molecule has 2 aromatic carbocycles. The number of hydrazone groups is 1. The summed E-state index contributed by atoms with van der Waals surface area (Å²) in [6, 6.07) is 10.5. The van der Waals surface area contributed by atoms with Crippen molar-refractivity contribution in [3.8, 4) is 5.75 Å². The summed E-state index contributed by atoms with van der Waals surface area (Å²) in [4.78, 5) is 22.9. The average molecular weight is 361 g/mol. The minimum absolute atomic E-state index is 0.0707. The van der Waals surface area contributed by atoms with Crippen molar-refractivity contribution >= 4 is 29.6 Å². The molecular weight excluding hydrogens is 346 g/mol. The second kappa shape index (κ2) is 8.81. The molecule has 0 atom stereocenters. The van der Waals surface area contributed by atoms with Gasteiger partial charge in [0.1, 0.15) is 5.75 Å². The van der Waals surface area contributed by atoms with Crippen molar-refractivity contribution < 1.29 is 19.9 Å². The highest BCUT2D eigenvalue weighted by atomic mass is 32.2. The molecule has 0 aliphatic rings. The van der Waals surface area contributed by atoms with E-state index in [1.165, 1.54) is 36.2 Å². The lowest BCUT2D eigenvalue weighted by Gasteiger charge is -2.03. The largest absolute Gasteiger partial charge is 0.507 e. The number of nitro benzene ring substituents is 1. The molecule has 8 nitrogen and oxygen atoms in total. The number of hydrogen-bond acceptors (Lipinski definition) is 7. The number of nitrogens with one attached hydrogen (secondary N) is 1. The van der Waals surface area contributed by atoms with E-state index in [2.05, 4.69) is 10.5 Å². The standard InChI is InChI=1S/C16H15N3O5S/c20-7-8-25-15-6-5-11(9-13(15)19(23)24)10-17-18-16(22)12-3-1-2-4-14(12)21/h1-6,9-10,20-21H,7-8H2,(H,18,22)/b17-10+. The summed E-state index contributed by atoms with van der Waals surface area (Å²) in [5.41, 5.74) is 2.64. The lowest BCUT2D eigenvalue weighted by atomic mass is 10.2. The summed E-state index contributed by atoms with van der Waals surface area (Å²) >= 11 is 1.18. The van der Waals surface area contributed by atoms with E-state index in [0.717, 1.165) is 0 Å². The molecule has 0 aliphatic heterocycles. The summed E-state index contributed by atoms with van der Waals surface area (Å²) in [6.45, 7) is -0.0800.